The molecule has 2 rings (SSSR count). The Balaban J connectivity index is 1.81. The van der Waals surface area contributed by atoms with Gasteiger partial charge in [0.05, 0.1) is 6.10 Å². The third-order valence-electron chi connectivity index (χ3n) is 3.81. The van der Waals surface area contributed by atoms with Crippen LogP contribution in [0.2, 0.25) is 5.02 Å². The van der Waals surface area contributed by atoms with Crippen LogP contribution in [0.25, 0.3) is 0 Å². The van der Waals surface area contributed by atoms with Crippen LogP contribution >= 0.6 is 11.6 Å². The lowest BCUT2D eigenvalue weighted by atomic mass is 9.98. The Morgan fingerprint density at radius 1 is 1.42 bits per heavy atom. The third kappa shape index (κ3) is 4.46. The van der Waals surface area contributed by atoms with Crippen LogP contribution in [-0.2, 0) is 0 Å². The average Bonchev–Trinajstić information content (AvgIpc) is 2.45. The van der Waals surface area contributed by atoms with E-state index in [2.05, 4.69) is 4.90 Å². The molecular formula is C15H22ClNO2. The SMILES string of the molecule is OCC1CCCN(CCC(O)c2cccc(Cl)c2)C1. The second-order valence-corrected chi connectivity index (χ2v) is 5.79. The maximum absolute atomic E-state index is 10.2. The molecule has 0 radical (unpaired) electrons. The molecule has 0 saturated carbocycles. The average molecular weight is 284 g/mol. The molecule has 1 aromatic rings. The van der Waals surface area contributed by atoms with E-state index in [9.17, 15) is 10.2 Å². The van der Waals surface area contributed by atoms with E-state index in [0.29, 0.717) is 17.4 Å². The zero-order valence-corrected chi connectivity index (χ0v) is 11.9. The van der Waals surface area contributed by atoms with Crippen LogP contribution in [0.5, 0.6) is 0 Å². The molecule has 106 valence electrons. The van der Waals surface area contributed by atoms with Crippen molar-refractivity contribution in [3.05, 3.63) is 34.9 Å². The van der Waals surface area contributed by atoms with Crippen molar-refractivity contribution in [3.8, 4) is 0 Å². The Morgan fingerprint density at radius 3 is 3.00 bits per heavy atom. The number of hydrogen-bond donors (Lipinski definition) is 2. The first-order valence-corrected chi connectivity index (χ1v) is 7.33. The minimum Gasteiger partial charge on any atom is -0.396 e. The van der Waals surface area contributed by atoms with E-state index in [0.717, 1.165) is 38.0 Å². The summed E-state index contributed by atoms with van der Waals surface area (Å²) < 4.78 is 0. The Bertz CT molecular complexity index is 399. The second-order valence-electron chi connectivity index (χ2n) is 5.35. The van der Waals surface area contributed by atoms with E-state index in [1.54, 1.807) is 0 Å². The molecule has 2 N–H and O–H groups in total. The highest BCUT2D eigenvalue weighted by molar-refractivity contribution is 6.30. The summed E-state index contributed by atoms with van der Waals surface area (Å²) in [5.74, 6) is 0.400. The summed E-state index contributed by atoms with van der Waals surface area (Å²) in [6.07, 6.45) is 2.49. The zero-order valence-electron chi connectivity index (χ0n) is 11.1. The van der Waals surface area contributed by atoms with Crippen molar-refractivity contribution >= 4 is 11.6 Å². The minimum atomic E-state index is -0.465. The first-order chi connectivity index (χ1) is 9.19. The lowest BCUT2D eigenvalue weighted by Gasteiger charge is -2.32. The maximum Gasteiger partial charge on any atom is 0.0802 e. The Kier molecular flexibility index (Phi) is 5.64. The van der Waals surface area contributed by atoms with Crippen LogP contribution in [0.15, 0.2) is 24.3 Å². The molecule has 3 nitrogen and oxygen atoms in total. The van der Waals surface area contributed by atoms with E-state index in [1.165, 1.54) is 0 Å². The van der Waals surface area contributed by atoms with Crippen LogP contribution in [0.3, 0.4) is 0 Å². The largest absolute Gasteiger partial charge is 0.396 e. The molecule has 0 spiro atoms. The molecule has 4 heteroatoms. The van der Waals surface area contributed by atoms with Gasteiger partial charge >= 0.3 is 0 Å². The number of nitrogens with zero attached hydrogens (tertiary/aromatic N) is 1. The normalized spacial score (nSPS) is 22.4. The van der Waals surface area contributed by atoms with Crippen LogP contribution < -0.4 is 0 Å². The molecule has 1 aliphatic rings. The van der Waals surface area contributed by atoms with Gasteiger partial charge in [-0.2, -0.15) is 0 Å². The highest BCUT2D eigenvalue weighted by Crippen LogP contribution is 2.22. The summed E-state index contributed by atoms with van der Waals surface area (Å²) in [6, 6.07) is 7.40. The highest BCUT2D eigenvalue weighted by Gasteiger charge is 2.19. The number of likely N-dealkylation sites (tertiary alicyclic amines) is 1. The number of halogens is 1. The smallest absolute Gasteiger partial charge is 0.0802 e. The van der Waals surface area contributed by atoms with Crippen LogP contribution in [0, 0.1) is 5.92 Å². The van der Waals surface area contributed by atoms with Crippen molar-refractivity contribution in [1.29, 1.82) is 0 Å². The third-order valence-corrected chi connectivity index (χ3v) is 4.05. The van der Waals surface area contributed by atoms with E-state index in [1.807, 2.05) is 24.3 Å². The van der Waals surface area contributed by atoms with Crippen molar-refractivity contribution in [3.63, 3.8) is 0 Å². The van der Waals surface area contributed by atoms with Crippen molar-refractivity contribution in [2.75, 3.05) is 26.2 Å². The minimum absolute atomic E-state index is 0.271. The van der Waals surface area contributed by atoms with E-state index in [4.69, 9.17) is 11.6 Å². The summed E-state index contributed by atoms with van der Waals surface area (Å²) in [5.41, 5.74) is 0.878. The van der Waals surface area contributed by atoms with Crippen molar-refractivity contribution in [1.82, 2.24) is 4.90 Å². The van der Waals surface area contributed by atoms with Crippen molar-refractivity contribution in [2.24, 2.45) is 5.92 Å². The number of rotatable bonds is 5. The molecule has 0 aliphatic carbocycles. The summed E-state index contributed by atoms with van der Waals surface area (Å²) >= 11 is 5.93. The standard InChI is InChI=1S/C15H22ClNO2/c16-14-5-1-4-13(9-14)15(19)6-8-17-7-2-3-12(10-17)11-18/h1,4-5,9,12,15,18-19H,2-3,6-8,10-11H2. The van der Waals surface area contributed by atoms with Crippen LogP contribution in [0.4, 0.5) is 0 Å². The number of aliphatic hydroxyl groups excluding tert-OH is 2. The first kappa shape index (κ1) is 14.8. The molecule has 0 aromatic heterocycles. The Hall–Kier alpha value is -0.610. The molecule has 2 atom stereocenters. The van der Waals surface area contributed by atoms with Gasteiger partial charge in [-0.3, -0.25) is 0 Å². The molecule has 0 amide bonds. The molecule has 1 aliphatic heterocycles. The molecule has 0 bridgehead atoms. The Labute approximate surface area is 119 Å². The fourth-order valence-electron chi connectivity index (χ4n) is 2.69. The predicted octanol–water partition coefficient (Wildman–Crippen LogP) is 2.47. The van der Waals surface area contributed by atoms with Gasteiger partial charge in [-0.05, 0) is 49.4 Å². The van der Waals surface area contributed by atoms with Gasteiger partial charge < -0.3 is 15.1 Å². The van der Waals surface area contributed by atoms with Gasteiger partial charge in [0.25, 0.3) is 0 Å². The predicted molar refractivity (Wildman–Crippen MR) is 77.3 cm³/mol. The second kappa shape index (κ2) is 7.25. The Morgan fingerprint density at radius 2 is 2.26 bits per heavy atom. The topological polar surface area (TPSA) is 43.7 Å². The molecule has 19 heavy (non-hydrogen) atoms. The summed E-state index contributed by atoms with van der Waals surface area (Å²) in [6.45, 7) is 3.15. The summed E-state index contributed by atoms with van der Waals surface area (Å²) in [4.78, 5) is 2.33. The molecule has 1 aromatic carbocycles. The van der Waals surface area contributed by atoms with Crippen molar-refractivity contribution < 1.29 is 10.2 Å². The van der Waals surface area contributed by atoms with E-state index in [-0.39, 0.29) is 6.61 Å². The zero-order chi connectivity index (χ0) is 13.7. The van der Waals surface area contributed by atoms with Crippen LogP contribution in [0.1, 0.15) is 30.9 Å². The fourth-order valence-corrected chi connectivity index (χ4v) is 2.89. The fraction of sp³-hybridized carbons (Fsp3) is 0.600. The van der Waals surface area contributed by atoms with Gasteiger partial charge in [0.1, 0.15) is 0 Å². The van der Waals surface area contributed by atoms with Gasteiger partial charge in [-0.25, -0.2) is 0 Å². The van der Waals surface area contributed by atoms with E-state index < -0.39 is 6.10 Å². The monoisotopic (exact) mass is 283 g/mol. The molecule has 2 unspecified atom stereocenters. The van der Waals surface area contributed by atoms with Crippen molar-refractivity contribution in [2.45, 2.75) is 25.4 Å². The molecular weight excluding hydrogens is 262 g/mol. The number of piperidine rings is 1. The number of aliphatic hydroxyl groups is 2. The van der Waals surface area contributed by atoms with Gasteiger partial charge in [0.2, 0.25) is 0 Å². The number of benzene rings is 1. The lowest BCUT2D eigenvalue weighted by Crippen LogP contribution is -2.37. The summed E-state index contributed by atoms with van der Waals surface area (Å²) in [5, 5.41) is 20.0. The molecule has 1 fully saturated rings. The summed E-state index contributed by atoms with van der Waals surface area (Å²) in [7, 11) is 0. The van der Waals surface area contributed by atoms with Crippen LogP contribution in [-0.4, -0.2) is 41.4 Å². The van der Waals surface area contributed by atoms with E-state index >= 15 is 0 Å². The van der Waals surface area contributed by atoms with Gasteiger partial charge in [0, 0.05) is 24.7 Å². The lowest BCUT2D eigenvalue weighted by molar-refractivity contribution is 0.0962. The quantitative estimate of drug-likeness (QED) is 0.872. The molecule has 1 heterocycles. The maximum atomic E-state index is 10.2. The molecule has 1 saturated heterocycles. The highest BCUT2D eigenvalue weighted by atomic mass is 35.5. The van der Waals surface area contributed by atoms with Gasteiger partial charge in [-0.1, -0.05) is 23.7 Å². The van der Waals surface area contributed by atoms with Gasteiger partial charge in [0.15, 0.2) is 0 Å². The van der Waals surface area contributed by atoms with Gasteiger partial charge in [-0.15, -0.1) is 0 Å². The number of hydrogen-bond acceptors (Lipinski definition) is 3. The first-order valence-electron chi connectivity index (χ1n) is 6.96.